The number of hydrogen-bond donors (Lipinski definition) is 0. The number of alkyl halides is 3. The molecule has 1 unspecified atom stereocenters. The van der Waals surface area contributed by atoms with Crippen LogP contribution in [-0.2, 0) is 0 Å². The van der Waals surface area contributed by atoms with Crippen LogP contribution in [0, 0.1) is 5.21 Å². The van der Waals surface area contributed by atoms with Gasteiger partial charge in [0, 0.05) is 6.07 Å². The molecule has 2 nitrogen and oxygen atoms in total. The lowest BCUT2D eigenvalue weighted by Crippen LogP contribution is -2.25. The lowest BCUT2D eigenvalue weighted by Gasteiger charge is -2.05. The molecule has 0 spiro atoms. The zero-order valence-electron chi connectivity index (χ0n) is 5.95. The molecule has 12 heavy (non-hydrogen) atoms. The Kier molecular flexibility index (Phi) is 2.52. The van der Waals surface area contributed by atoms with Crippen LogP contribution in [0.3, 0.4) is 0 Å². The Hall–Kier alpha value is -1.26. The fraction of sp³-hybridized carbons (Fsp3) is 0.286. The van der Waals surface area contributed by atoms with Crippen LogP contribution in [0.4, 0.5) is 13.2 Å². The summed E-state index contributed by atoms with van der Waals surface area (Å²) < 4.78 is 36.3. The highest BCUT2D eigenvalue weighted by Gasteiger charge is 2.22. The molecule has 66 valence electrons. The summed E-state index contributed by atoms with van der Waals surface area (Å²) in [4.78, 5) is 0. The molecule has 0 amide bonds. The second-order valence-electron chi connectivity index (χ2n) is 2.23. The predicted molar refractivity (Wildman–Crippen MR) is 35.3 cm³/mol. The molecule has 0 saturated carbocycles. The first-order valence-corrected chi connectivity index (χ1v) is 3.22. The van der Waals surface area contributed by atoms with Crippen LogP contribution in [0.5, 0.6) is 0 Å². The van der Waals surface area contributed by atoms with E-state index in [1.807, 2.05) is 0 Å². The third-order valence-electron chi connectivity index (χ3n) is 1.34. The molecule has 0 N–H and O–H groups in total. The van der Waals surface area contributed by atoms with Crippen molar-refractivity contribution in [3.05, 3.63) is 35.3 Å². The van der Waals surface area contributed by atoms with E-state index in [0.29, 0.717) is 0 Å². The van der Waals surface area contributed by atoms with E-state index in [9.17, 15) is 18.4 Å². The number of halogens is 3. The maximum absolute atomic E-state index is 12.5. The van der Waals surface area contributed by atoms with Crippen LogP contribution >= 0.6 is 0 Å². The SMILES string of the molecule is [O-][n+]1cccc(C(F)C(F)F)c1. The molecule has 0 fully saturated rings. The van der Waals surface area contributed by atoms with E-state index in [4.69, 9.17) is 0 Å². The quantitative estimate of drug-likeness (QED) is 0.497. The lowest BCUT2D eigenvalue weighted by molar-refractivity contribution is -0.606. The van der Waals surface area contributed by atoms with Crippen LogP contribution < -0.4 is 4.73 Å². The fourth-order valence-corrected chi connectivity index (χ4v) is 0.781. The first-order valence-electron chi connectivity index (χ1n) is 3.22. The Labute approximate surface area is 66.8 Å². The van der Waals surface area contributed by atoms with Gasteiger partial charge in [-0.3, -0.25) is 0 Å². The Bertz CT molecular complexity index is 267. The Morgan fingerprint density at radius 2 is 2.00 bits per heavy atom. The average Bonchev–Trinajstić information content (AvgIpc) is 2.03. The summed E-state index contributed by atoms with van der Waals surface area (Å²) in [6.07, 6.45) is -3.59. The van der Waals surface area contributed by atoms with E-state index in [1.54, 1.807) is 0 Å². The second kappa shape index (κ2) is 3.42. The van der Waals surface area contributed by atoms with Gasteiger partial charge in [-0.1, -0.05) is 0 Å². The van der Waals surface area contributed by atoms with Gasteiger partial charge in [-0.25, -0.2) is 13.2 Å². The van der Waals surface area contributed by atoms with Gasteiger partial charge in [0.05, 0.1) is 5.56 Å². The van der Waals surface area contributed by atoms with Gasteiger partial charge in [-0.15, -0.1) is 0 Å². The number of hydrogen-bond acceptors (Lipinski definition) is 1. The molecule has 0 aromatic carbocycles. The lowest BCUT2D eigenvalue weighted by atomic mass is 10.2. The Balaban J connectivity index is 2.88. The summed E-state index contributed by atoms with van der Waals surface area (Å²) in [6.45, 7) is 0. The molecular formula is C7H6F3NO. The van der Waals surface area contributed by atoms with E-state index in [1.165, 1.54) is 6.07 Å². The van der Waals surface area contributed by atoms with Crippen LogP contribution in [0.2, 0.25) is 0 Å². The molecule has 0 aliphatic carbocycles. The highest BCUT2D eigenvalue weighted by molar-refractivity contribution is 5.09. The van der Waals surface area contributed by atoms with Crippen molar-refractivity contribution < 1.29 is 17.9 Å². The molecular weight excluding hydrogens is 171 g/mol. The summed E-state index contributed by atoms with van der Waals surface area (Å²) >= 11 is 0. The van der Waals surface area contributed by atoms with Gasteiger partial charge in [0.15, 0.2) is 18.6 Å². The van der Waals surface area contributed by atoms with E-state index >= 15 is 0 Å². The number of pyridine rings is 1. The minimum atomic E-state index is -3.09. The molecule has 5 heteroatoms. The maximum atomic E-state index is 12.5. The molecule has 0 saturated heterocycles. The molecule has 1 heterocycles. The third kappa shape index (κ3) is 1.87. The first kappa shape index (κ1) is 8.83. The van der Waals surface area contributed by atoms with Crippen LogP contribution in [0.25, 0.3) is 0 Å². The highest BCUT2D eigenvalue weighted by Crippen LogP contribution is 2.22. The van der Waals surface area contributed by atoms with Crippen molar-refractivity contribution >= 4 is 0 Å². The highest BCUT2D eigenvalue weighted by atomic mass is 19.3. The zero-order valence-corrected chi connectivity index (χ0v) is 5.95. The van der Waals surface area contributed by atoms with Crippen LogP contribution in [0.1, 0.15) is 11.7 Å². The Morgan fingerprint density at radius 1 is 1.33 bits per heavy atom. The van der Waals surface area contributed by atoms with Crippen molar-refractivity contribution in [3.8, 4) is 0 Å². The Morgan fingerprint density at radius 3 is 2.50 bits per heavy atom. The topological polar surface area (TPSA) is 26.9 Å². The smallest absolute Gasteiger partial charge is 0.273 e. The number of aromatic nitrogens is 1. The minimum absolute atomic E-state index is 0.282. The molecule has 1 atom stereocenters. The molecule has 0 aliphatic heterocycles. The molecule has 0 bridgehead atoms. The van der Waals surface area contributed by atoms with Crippen LogP contribution in [-0.4, -0.2) is 6.43 Å². The summed E-state index contributed by atoms with van der Waals surface area (Å²) in [5.74, 6) is 0. The molecule has 0 aliphatic rings. The van der Waals surface area contributed by atoms with Crippen molar-refractivity contribution in [1.29, 1.82) is 0 Å². The summed E-state index contributed by atoms with van der Waals surface area (Å²) in [7, 11) is 0. The van der Waals surface area contributed by atoms with Crippen LogP contribution in [0.15, 0.2) is 24.5 Å². The van der Waals surface area contributed by atoms with Crippen molar-refractivity contribution in [3.63, 3.8) is 0 Å². The van der Waals surface area contributed by atoms with Crippen molar-refractivity contribution in [1.82, 2.24) is 0 Å². The van der Waals surface area contributed by atoms with Gasteiger partial charge in [-0.05, 0) is 6.07 Å². The van der Waals surface area contributed by atoms with Gasteiger partial charge in [0.1, 0.15) is 0 Å². The maximum Gasteiger partial charge on any atom is 0.273 e. The molecule has 0 radical (unpaired) electrons. The van der Waals surface area contributed by atoms with Gasteiger partial charge in [0.25, 0.3) is 6.43 Å². The summed E-state index contributed by atoms with van der Waals surface area (Å²) in [5, 5.41) is 10.5. The van der Waals surface area contributed by atoms with Gasteiger partial charge in [-0.2, -0.15) is 4.73 Å². The van der Waals surface area contributed by atoms with E-state index in [0.717, 1.165) is 18.5 Å². The van der Waals surface area contributed by atoms with Crippen molar-refractivity contribution in [2.75, 3.05) is 0 Å². The fourth-order valence-electron chi connectivity index (χ4n) is 0.781. The number of rotatable bonds is 2. The minimum Gasteiger partial charge on any atom is -0.619 e. The number of nitrogens with zero attached hydrogens (tertiary/aromatic N) is 1. The summed E-state index contributed by atoms with van der Waals surface area (Å²) in [5.41, 5.74) is -0.303. The van der Waals surface area contributed by atoms with E-state index < -0.39 is 12.6 Å². The first-order chi connectivity index (χ1) is 5.61. The van der Waals surface area contributed by atoms with Gasteiger partial charge < -0.3 is 5.21 Å². The van der Waals surface area contributed by atoms with E-state index in [-0.39, 0.29) is 10.3 Å². The van der Waals surface area contributed by atoms with Crippen molar-refractivity contribution in [2.24, 2.45) is 0 Å². The monoisotopic (exact) mass is 177 g/mol. The predicted octanol–water partition coefficient (Wildman–Crippen LogP) is 1.60. The molecule has 1 rings (SSSR count). The average molecular weight is 177 g/mol. The standard InChI is InChI=1S/C7H6F3NO/c8-6(7(9)10)5-2-1-3-11(12)4-5/h1-4,6-7H. The third-order valence-corrected chi connectivity index (χ3v) is 1.34. The van der Waals surface area contributed by atoms with Crippen molar-refractivity contribution in [2.45, 2.75) is 12.6 Å². The second-order valence-corrected chi connectivity index (χ2v) is 2.23. The van der Waals surface area contributed by atoms with E-state index in [2.05, 4.69) is 0 Å². The normalized spacial score (nSPS) is 13.3. The summed E-state index contributed by atoms with van der Waals surface area (Å²) in [6, 6.07) is 2.36. The van der Waals surface area contributed by atoms with Gasteiger partial charge in [0.2, 0.25) is 0 Å². The molecule has 1 aromatic heterocycles. The zero-order chi connectivity index (χ0) is 9.14. The molecule has 1 aromatic rings. The largest absolute Gasteiger partial charge is 0.619 e. The van der Waals surface area contributed by atoms with Gasteiger partial charge >= 0.3 is 0 Å².